The maximum Gasteiger partial charge on any atom is 0.127 e. The van der Waals surface area contributed by atoms with Gasteiger partial charge in [-0.15, -0.1) is 0 Å². The molecule has 0 fully saturated rings. The van der Waals surface area contributed by atoms with Crippen LogP contribution in [0.3, 0.4) is 0 Å². The molecule has 114 valence electrons. The number of aliphatic hydroxyl groups is 1. The Morgan fingerprint density at radius 3 is 2.65 bits per heavy atom. The van der Waals surface area contributed by atoms with Gasteiger partial charge >= 0.3 is 0 Å². The van der Waals surface area contributed by atoms with E-state index < -0.39 is 0 Å². The van der Waals surface area contributed by atoms with Crippen LogP contribution in [0.5, 0.6) is 11.5 Å². The van der Waals surface area contributed by atoms with E-state index in [1.807, 2.05) is 18.2 Å². The first-order valence-corrected chi connectivity index (χ1v) is 7.31. The molecule has 0 aliphatic rings. The quantitative estimate of drug-likeness (QED) is 0.648. The second kappa shape index (κ2) is 9.61. The van der Waals surface area contributed by atoms with E-state index in [4.69, 9.17) is 14.6 Å². The van der Waals surface area contributed by atoms with Crippen molar-refractivity contribution in [1.82, 2.24) is 5.32 Å². The molecule has 0 radical (unpaired) electrons. The van der Waals surface area contributed by atoms with Crippen molar-refractivity contribution in [2.75, 3.05) is 20.3 Å². The van der Waals surface area contributed by atoms with Crippen molar-refractivity contribution < 1.29 is 14.6 Å². The molecule has 4 nitrogen and oxygen atoms in total. The minimum atomic E-state index is 0.253. The number of ether oxygens (including phenoxy) is 2. The van der Waals surface area contributed by atoms with Gasteiger partial charge in [-0.3, -0.25) is 0 Å². The summed E-state index contributed by atoms with van der Waals surface area (Å²) in [5, 5.41) is 12.1. The average Bonchev–Trinajstić information content (AvgIpc) is 2.45. The zero-order chi connectivity index (χ0) is 14.8. The lowest BCUT2D eigenvalue weighted by Crippen LogP contribution is -2.22. The number of rotatable bonds is 10. The molecule has 2 N–H and O–H groups in total. The highest BCUT2D eigenvalue weighted by molar-refractivity contribution is 5.40. The lowest BCUT2D eigenvalue weighted by molar-refractivity contribution is 0.264. The van der Waals surface area contributed by atoms with E-state index in [-0.39, 0.29) is 6.61 Å². The van der Waals surface area contributed by atoms with Gasteiger partial charge in [-0.05, 0) is 25.3 Å². The number of nitrogens with one attached hydrogen (secondary N) is 1. The molecule has 0 saturated heterocycles. The first-order chi connectivity index (χ1) is 9.67. The van der Waals surface area contributed by atoms with E-state index >= 15 is 0 Å². The SMILES string of the molecule is COc1ccc(CNC(C)C)c(OCCCCCO)c1. The van der Waals surface area contributed by atoms with Gasteiger partial charge in [0.1, 0.15) is 11.5 Å². The maximum atomic E-state index is 8.75. The number of methoxy groups -OCH3 is 1. The van der Waals surface area contributed by atoms with Crippen LogP contribution in [0.1, 0.15) is 38.7 Å². The average molecular weight is 281 g/mol. The van der Waals surface area contributed by atoms with Gasteiger partial charge in [0.05, 0.1) is 13.7 Å². The third kappa shape index (κ3) is 6.26. The largest absolute Gasteiger partial charge is 0.497 e. The monoisotopic (exact) mass is 281 g/mol. The number of benzene rings is 1. The summed E-state index contributed by atoms with van der Waals surface area (Å²) in [6.45, 7) is 5.95. The van der Waals surface area contributed by atoms with Crippen molar-refractivity contribution in [2.45, 2.75) is 45.7 Å². The van der Waals surface area contributed by atoms with Gasteiger partial charge < -0.3 is 19.9 Å². The van der Waals surface area contributed by atoms with Gasteiger partial charge in [0.2, 0.25) is 0 Å². The Kier molecular flexibility index (Phi) is 8.07. The van der Waals surface area contributed by atoms with Gasteiger partial charge in [0.25, 0.3) is 0 Å². The van der Waals surface area contributed by atoms with Crippen LogP contribution in [-0.2, 0) is 6.54 Å². The van der Waals surface area contributed by atoms with Crippen LogP contribution < -0.4 is 14.8 Å². The van der Waals surface area contributed by atoms with Crippen LogP contribution in [0.2, 0.25) is 0 Å². The molecule has 1 aromatic rings. The topological polar surface area (TPSA) is 50.7 Å². The molecule has 0 aromatic heterocycles. The Bertz CT molecular complexity index is 380. The van der Waals surface area contributed by atoms with E-state index in [9.17, 15) is 0 Å². The second-order valence-corrected chi connectivity index (χ2v) is 5.14. The molecule has 1 rings (SSSR count). The van der Waals surface area contributed by atoms with Crippen LogP contribution >= 0.6 is 0 Å². The van der Waals surface area contributed by atoms with Crippen molar-refractivity contribution in [3.8, 4) is 11.5 Å². The molecule has 0 heterocycles. The number of hydrogen-bond donors (Lipinski definition) is 2. The summed E-state index contributed by atoms with van der Waals surface area (Å²) < 4.78 is 11.1. The highest BCUT2D eigenvalue weighted by Crippen LogP contribution is 2.25. The zero-order valence-corrected chi connectivity index (χ0v) is 12.8. The van der Waals surface area contributed by atoms with Crippen LogP contribution in [-0.4, -0.2) is 31.5 Å². The first-order valence-electron chi connectivity index (χ1n) is 7.31. The Morgan fingerprint density at radius 2 is 2.00 bits per heavy atom. The minimum Gasteiger partial charge on any atom is -0.497 e. The predicted molar refractivity (Wildman–Crippen MR) is 81.4 cm³/mol. The lowest BCUT2D eigenvalue weighted by atomic mass is 10.1. The summed E-state index contributed by atoms with van der Waals surface area (Å²) in [4.78, 5) is 0. The van der Waals surface area contributed by atoms with Crippen LogP contribution in [0, 0.1) is 0 Å². The van der Waals surface area contributed by atoms with Gasteiger partial charge in [0, 0.05) is 30.8 Å². The van der Waals surface area contributed by atoms with E-state index in [2.05, 4.69) is 19.2 Å². The normalized spacial score (nSPS) is 10.8. The number of aliphatic hydroxyl groups excluding tert-OH is 1. The molecule has 0 saturated carbocycles. The standard InChI is InChI=1S/C16H27NO3/c1-13(2)17-12-14-7-8-15(19-3)11-16(14)20-10-6-4-5-9-18/h7-8,11,13,17-18H,4-6,9-10,12H2,1-3H3. The van der Waals surface area contributed by atoms with E-state index in [0.717, 1.165) is 42.9 Å². The fraction of sp³-hybridized carbons (Fsp3) is 0.625. The highest BCUT2D eigenvalue weighted by atomic mass is 16.5. The summed E-state index contributed by atoms with van der Waals surface area (Å²) in [5.74, 6) is 1.69. The predicted octanol–water partition coefficient (Wildman–Crippen LogP) is 2.73. The van der Waals surface area contributed by atoms with Crippen molar-refractivity contribution in [3.05, 3.63) is 23.8 Å². The molecule has 0 atom stereocenters. The molecule has 0 aliphatic heterocycles. The molecule has 0 unspecified atom stereocenters. The Labute approximate surface area is 122 Å². The third-order valence-electron chi connectivity index (χ3n) is 3.04. The second-order valence-electron chi connectivity index (χ2n) is 5.14. The van der Waals surface area contributed by atoms with E-state index in [1.165, 1.54) is 0 Å². The molecule has 1 aromatic carbocycles. The first kappa shape index (κ1) is 16.8. The van der Waals surface area contributed by atoms with Crippen molar-refractivity contribution in [3.63, 3.8) is 0 Å². The van der Waals surface area contributed by atoms with Crippen molar-refractivity contribution in [2.24, 2.45) is 0 Å². The highest BCUT2D eigenvalue weighted by Gasteiger charge is 2.06. The summed E-state index contributed by atoms with van der Waals surface area (Å²) in [6, 6.07) is 6.37. The Morgan fingerprint density at radius 1 is 1.20 bits per heavy atom. The van der Waals surface area contributed by atoms with Crippen molar-refractivity contribution >= 4 is 0 Å². The summed E-state index contributed by atoms with van der Waals surface area (Å²) >= 11 is 0. The van der Waals surface area contributed by atoms with Gasteiger partial charge in [-0.2, -0.15) is 0 Å². The minimum absolute atomic E-state index is 0.253. The summed E-state index contributed by atoms with van der Waals surface area (Å²) in [6.07, 6.45) is 2.78. The molecule has 0 amide bonds. The third-order valence-corrected chi connectivity index (χ3v) is 3.04. The molecule has 0 bridgehead atoms. The molecule has 0 aliphatic carbocycles. The molecular formula is C16H27NO3. The fourth-order valence-electron chi connectivity index (χ4n) is 1.83. The van der Waals surface area contributed by atoms with Crippen LogP contribution in [0.4, 0.5) is 0 Å². The lowest BCUT2D eigenvalue weighted by Gasteiger charge is -2.15. The van der Waals surface area contributed by atoms with Crippen LogP contribution in [0.25, 0.3) is 0 Å². The van der Waals surface area contributed by atoms with Gasteiger partial charge in [-0.1, -0.05) is 19.9 Å². The van der Waals surface area contributed by atoms with E-state index in [0.29, 0.717) is 12.6 Å². The Balaban J connectivity index is 2.58. The molecular weight excluding hydrogens is 254 g/mol. The van der Waals surface area contributed by atoms with E-state index in [1.54, 1.807) is 7.11 Å². The fourth-order valence-corrected chi connectivity index (χ4v) is 1.83. The maximum absolute atomic E-state index is 8.75. The Hall–Kier alpha value is -1.26. The van der Waals surface area contributed by atoms with Gasteiger partial charge in [-0.25, -0.2) is 0 Å². The summed E-state index contributed by atoms with van der Waals surface area (Å²) in [5.41, 5.74) is 1.14. The smallest absolute Gasteiger partial charge is 0.127 e. The zero-order valence-electron chi connectivity index (χ0n) is 12.8. The number of unbranched alkanes of at least 4 members (excludes halogenated alkanes) is 2. The summed E-state index contributed by atoms with van der Waals surface area (Å²) in [7, 11) is 1.66. The van der Waals surface area contributed by atoms with Gasteiger partial charge in [0.15, 0.2) is 0 Å². The molecule has 4 heteroatoms. The molecule has 0 spiro atoms. The molecule has 20 heavy (non-hydrogen) atoms. The van der Waals surface area contributed by atoms with Crippen molar-refractivity contribution in [1.29, 1.82) is 0 Å². The number of hydrogen-bond acceptors (Lipinski definition) is 4. The van der Waals surface area contributed by atoms with Crippen LogP contribution in [0.15, 0.2) is 18.2 Å².